The van der Waals surface area contributed by atoms with Gasteiger partial charge in [-0.3, -0.25) is 9.69 Å². The summed E-state index contributed by atoms with van der Waals surface area (Å²) in [5.74, 6) is 0.731. The molecule has 0 amide bonds. The van der Waals surface area contributed by atoms with E-state index in [4.69, 9.17) is 21.1 Å². The molecular formula is C27H24ClNO3. The standard InChI is InChI=1S/C27H24ClNO3/c28-21-8-6-20(7-9-21)26-25(19-4-2-1-3-5-19)23-11-10-22(18-24(23)27(26)30)32-17-14-29-12-15-31-16-13-29/h1-11,18H,12-17H2. The predicted molar refractivity (Wildman–Crippen MR) is 127 cm³/mol. The largest absolute Gasteiger partial charge is 0.492 e. The van der Waals surface area contributed by atoms with Gasteiger partial charge in [-0.15, -0.1) is 0 Å². The molecule has 3 aromatic carbocycles. The lowest BCUT2D eigenvalue weighted by Gasteiger charge is -2.26. The van der Waals surface area contributed by atoms with Gasteiger partial charge < -0.3 is 9.47 Å². The van der Waals surface area contributed by atoms with Crippen molar-refractivity contribution in [2.75, 3.05) is 39.5 Å². The smallest absolute Gasteiger partial charge is 0.195 e. The second-order valence-corrected chi connectivity index (χ2v) is 8.40. The number of nitrogens with zero attached hydrogens (tertiary/aromatic N) is 1. The Kier molecular flexibility index (Phi) is 6.08. The third kappa shape index (κ3) is 4.22. The Morgan fingerprint density at radius 3 is 2.31 bits per heavy atom. The van der Waals surface area contributed by atoms with Gasteiger partial charge in [-0.05, 0) is 47.0 Å². The van der Waals surface area contributed by atoms with Crippen molar-refractivity contribution in [2.24, 2.45) is 0 Å². The van der Waals surface area contributed by atoms with E-state index in [0.717, 1.165) is 60.9 Å². The van der Waals surface area contributed by atoms with Gasteiger partial charge in [-0.2, -0.15) is 0 Å². The van der Waals surface area contributed by atoms with Crippen LogP contribution in [0.5, 0.6) is 5.75 Å². The number of hydrogen-bond acceptors (Lipinski definition) is 4. The minimum atomic E-state index is 0.0137. The molecule has 0 radical (unpaired) electrons. The second-order valence-electron chi connectivity index (χ2n) is 7.96. The fourth-order valence-corrected chi connectivity index (χ4v) is 4.44. The van der Waals surface area contributed by atoms with Gasteiger partial charge in [0, 0.05) is 41.4 Å². The van der Waals surface area contributed by atoms with Crippen LogP contribution in [0.4, 0.5) is 0 Å². The van der Waals surface area contributed by atoms with Gasteiger partial charge in [0.1, 0.15) is 12.4 Å². The minimum absolute atomic E-state index is 0.0137. The summed E-state index contributed by atoms with van der Waals surface area (Å²) in [7, 11) is 0. The van der Waals surface area contributed by atoms with Gasteiger partial charge in [-0.25, -0.2) is 0 Å². The van der Waals surface area contributed by atoms with E-state index < -0.39 is 0 Å². The van der Waals surface area contributed by atoms with Crippen LogP contribution in [0.1, 0.15) is 27.0 Å². The number of ether oxygens (including phenoxy) is 2. The molecular weight excluding hydrogens is 422 g/mol. The monoisotopic (exact) mass is 445 g/mol. The van der Waals surface area contributed by atoms with Gasteiger partial charge in [-0.1, -0.05) is 54.1 Å². The Balaban J connectivity index is 1.45. The van der Waals surface area contributed by atoms with Crippen molar-refractivity contribution in [3.63, 3.8) is 0 Å². The average Bonchev–Trinajstić information content (AvgIpc) is 3.13. The van der Waals surface area contributed by atoms with Crippen LogP contribution in [-0.2, 0) is 4.74 Å². The lowest BCUT2D eigenvalue weighted by atomic mass is 9.94. The molecule has 3 aromatic rings. The lowest BCUT2D eigenvalue weighted by Crippen LogP contribution is -2.38. The van der Waals surface area contributed by atoms with Crippen molar-refractivity contribution in [1.29, 1.82) is 0 Å². The summed E-state index contributed by atoms with van der Waals surface area (Å²) in [6.07, 6.45) is 0. The molecule has 0 aromatic heterocycles. The van der Waals surface area contributed by atoms with Crippen LogP contribution in [0.3, 0.4) is 0 Å². The van der Waals surface area contributed by atoms with Crippen molar-refractivity contribution in [1.82, 2.24) is 4.90 Å². The van der Waals surface area contributed by atoms with Crippen LogP contribution < -0.4 is 4.74 Å². The van der Waals surface area contributed by atoms with E-state index in [1.807, 2.05) is 72.8 Å². The maximum absolute atomic E-state index is 13.6. The summed E-state index contributed by atoms with van der Waals surface area (Å²) >= 11 is 6.09. The van der Waals surface area contributed by atoms with E-state index in [1.54, 1.807) is 0 Å². The van der Waals surface area contributed by atoms with Crippen molar-refractivity contribution in [3.8, 4) is 5.75 Å². The van der Waals surface area contributed by atoms with Crippen LogP contribution >= 0.6 is 11.6 Å². The molecule has 0 spiro atoms. The normalized spacial score (nSPS) is 16.3. The Morgan fingerprint density at radius 1 is 0.844 bits per heavy atom. The highest BCUT2D eigenvalue weighted by Gasteiger charge is 2.31. The Labute approximate surface area is 193 Å². The van der Waals surface area contributed by atoms with Crippen molar-refractivity contribution in [2.45, 2.75) is 0 Å². The quantitative estimate of drug-likeness (QED) is 0.522. The van der Waals surface area contributed by atoms with Crippen LogP contribution in [0.25, 0.3) is 11.1 Å². The Hall–Kier alpha value is -2.92. The summed E-state index contributed by atoms with van der Waals surface area (Å²) in [5, 5.41) is 0.648. The molecule has 0 saturated carbocycles. The van der Waals surface area contributed by atoms with Crippen LogP contribution in [-0.4, -0.2) is 50.1 Å². The number of fused-ring (bicyclic) bond motifs is 1. The van der Waals surface area contributed by atoms with E-state index in [2.05, 4.69) is 4.90 Å². The second kappa shape index (κ2) is 9.29. The molecule has 0 bridgehead atoms. The predicted octanol–water partition coefficient (Wildman–Crippen LogP) is 5.21. The molecule has 1 aliphatic carbocycles. The maximum Gasteiger partial charge on any atom is 0.195 e. The van der Waals surface area contributed by atoms with Crippen LogP contribution in [0, 0.1) is 0 Å². The number of morpholine rings is 1. The van der Waals surface area contributed by atoms with E-state index in [-0.39, 0.29) is 5.78 Å². The summed E-state index contributed by atoms with van der Waals surface area (Å²) in [6, 6.07) is 23.3. The van der Waals surface area contributed by atoms with Crippen LogP contribution in [0.2, 0.25) is 5.02 Å². The number of hydrogen-bond donors (Lipinski definition) is 0. The van der Waals surface area contributed by atoms with Gasteiger partial charge in [0.25, 0.3) is 0 Å². The molecule has 5 rings (SSSR count). The Morgan fingerprint density at radius 2 is 1.56 bits per heavy atom. The first kappa shape index (κ1) is 21.0. The zero-order valence-corrected chi connectivity index (χ0v) is 18.5. The molecule has 162 valence electrons. The number of Topliss-reactive ketones (excluding diaryl/α,β-unsaturated/α-hetero) is 1. The first-order chi connectivity index (χ1) is 15.7. The highest BCUT2D eigenvalue weighted by atomic mass is 35.5. The van der Waals surface area contributed by atoms with Crippen LogP contribution in [0.15, 0.2) is 72.8 Å². The molecule has 1 heterocycles. The van der Waals surface area contributed by atoms with E-state index >= 15 is 0 Å². The zero-order valence-electron chi connectivity index (χ0n) is 17.7. The highest BCUT2D eigenvalue weighted by molar-refractivity contribution is 6.41. The average molecular weight is 446 g/mol. The van der Waals surface area contributed by atoms with Crippen molar-refractivity contribution < 1.29 is 14.3 Å². The summed E-state index contributed by atoms with van der Waals surface area (Å²) in [6.45, 7) is 4.83. The zero-order chi connectivity index (χ0) is 21.9. The number of carbonyl (C=O) groups is 1. The van der Waals surface area contributed by atoms with Gasteiger partial charge in [0.05, 0.1) is 13.2 Å². The van der Waals surface area contributed by atoms with Crippen molar-refractivity contribution >= 4 is 28.5 Å². The first-order valence-corrected chi connectivity index (χ1v) is 11.3. The minimum Gasteiger partial charge on any atom is -0.492 e. The number of rotatable bonds is 6. The third-order valence-corrected chi connectivity index (χ3v) is 6.21. The molecule has 4 nitrogen and oxygen atoms in total. The molecule has 0 unspecified atom stereocenters. The third-order valence-electron chi connectivity index (χ3n) is 5.96. The van der Waals surface area contributed by atoms with Gasteiger partial charge in [0.2, 0.25) is 0 Å². The molecule has 0 N–H and O–H groups in total. The number of carbonyl (C=O) groups excluding carboxylic acids is 1. The fourth-order valence-electron chi connectivity index (χ4n) is 4.32. The van der Waals surface area contributed by atoms with Gasteiger partial charge in [0.15, 0.2) is 5.78 Å². The SMILES string of the molecule is O=C1C(c2ccc(Cl)cc2)=C(c2ccccc2)c2ccc(OCCN3CCOCC3)cc21. The molecule has 32 heavy (non-hydrogen) atoms. The fraction of sp³-hybridized carbons (Fsp3) is 0.222. The molecule has 1 aliphatic heterocycles. The van der Waals surface area contributed by atoms with E-state index in [1.165, 1.54) is 0 Å². The lowest BCUT2D eigenvalue weighted by molar-refractivity contribution is 0.0322. The molecule has 1 fully saturated rings. The number of allylic oxidation sites excluding steroid dienone is 1. The first-order valence-electron chi connectivity index (χ1n) is 10.9. The molecule has 5 heteroatoms. The van der Waals surface area contributed by atoms with E-state index in [0.29, 0.717) is 22.8 Å². The summed E-state index contributed by atoms with van der Waals surface area (Å²) in [4.78, 5) is 15.9. The Bertz CT molecular complexity index is 1150. The molecule has 0 atom stereocenters. The van der Waals surface area contributed by atoms with E-state index in [9.17, 15) is 4.79 Å². The number of ketones is 1. The number of benzene rings is 3. The number of halogens is 1. The van der Waals surface area contributed by atoms with Crippen molar-refractivity contribution in [3.05, 3.63) is 100 Å². The summed E-state index contributed by atoms with van der Waals surface area (Å²) < 4.78 is 11.4. The van der Waals surface area contributed by atoms with Gasteiger partial charge >= 0.3 is 0 Å². The summed E-state index contributed by atoms with van der Waals surface area (Å²) in [5.41, 5.74) is 5.15. The maximum atomic E-state index is 13.6. The molecule has 1 saturated heterocycles. The highest BCUT2D eigenvalue weighted by Crippen LogP contribution is 2.43. The topological polar surface area (TPSA) is 38.8 Å². The molecule has 2 aliphatic rings.